The Hall–Kier alpha value is -1.92. The molecule has 0 heterocycles. The van der Waals surface area contributed by atoms with Crippen molar-refractivity contribution in [2.24, 2.45) is 0 Å². The molecule has 0 aliphatic rings. The summed E-state index contributed by atoms with van der Waals surface area (Å²) in [6.07, 6.45) is 0. The summed E-state index contributed by atoms with van der Waals surface area (Å²) in [4.78, 5) is 26.3. The van der Waals surface area contributed by atoms with Crippen molar-refractivity contribution in [2.75, 3.05) is 7.11 Å². The monoisotopic (exact) mass is 212 g/mol. The third-order valence-corrected chi connectivity index (χ3v) is 1.67. The number of carbonyl (C=O) groups excluding carboxylic acids is 2. The van der Waals surface area contributed by atoms with Gasteiger partial charge in [0.1, 0.15) is 0 Å². The maximum Gasteiger partial charge on any atom is 0.377 e. The predicted molar refractivity (Wildman–Crippen MR) is 46.9 cm³/mol. The number of carbonyl (C=O) groups is 2. The van der Waals surface area contributed by atoms with Gasteiger partial charge in [0, 0.05) is 0 Å². The highest BCUT2D eigenvalue weighted by Crippen LogP contribution is 2.11. The average molecular weight is 212 g/mol. The van der Waals surface area contributed by atoms with Gasteiger partial charge in [0.05, 0.1) is 18.2 Å². The van der Waals surface area contributed by atoms with E-state index in [0.717, 1.165) is 0 Å². The molecule has 0 saturated heterocycles. The number of esters is 1. The topological polar surface area (TPSA) is 82.1 Å². The molecule has 1 N–H and O–H groups in total. The largest absolute Gasteiger partial charge is 0.465 e. The van der Waals surface area contributed by atoms with Crippen LogP contribution in [-0.4, -0.2) is 24.3 Å². The summed E-state index contributed by atoms with van der Waals surface area (Å²) in [5.41, 5.74) is -0.0274. The number of hydrogen-bond acceptors (Lipinski definition) is 6. The summed E-state index contributed by atoms with van der Waals surface area (Å²) >= 11 is 0. The van der Waals surface area contributed by atoms with Crippen LogP contribution in [0.4, 0.5) is 0 Å². The molecule has 0 unspecified atom stereocenters. The number of ether oxygens (including phenoxy) is 1. The third kappa shape index (κ3) is 2.52. The molecule has 0 aliphatic heterocycles. The SMILES string of the molecule is COC(=O)c1ccccc1C(=O)OOO. The van der Waals surface area contributed by atoms with Crippen LogP contribution in [0.15, 0.2) is 24.3 Å². The Bertz CT molecular complexity index is 373. The van der Waals surface area contributed by atoms with Gasteiger partial charge in [-0.3, -0.25) is 4.89 Å². The zero-order chi connectivity index (χ0) is 11.3. The highest BCUT2D eigenvalue weighted by atomic mass is 17.5. The molecule has 0 atom stereocenters. The molecule has 0 amide bonds. The van der Waals surface area contributed by atoms with Gasteiger partial charge < -0.3 is 4.74 Å². The quantitative estimate of drug-likeness (QED) is 0.458. The van der Waals surface area contributed by atoms with Gasteiger partial charge in [0.2, 0.25) is 0 Å². The van der Waals surface area contributed by atoms with Gasteiger partial charge in [0.15, 0.2) is 0 Å². The minimum absolute atomic E-state index is 0.0297. The van der Waals surface area contributed by atoms with Gasteiger partial charge in [0.25, 0.3) is 0 Å². The zero-order valence-electron chi connectivity index (χ0n) is 7.80. The molecule has 0 saturated carbocycles. The van der Waals surface area contributed by atoms with Crippen molar-refractivity contribution in [1.29, 1.82) is 0 Å². The van der Waals surface area contributed by atoms with Crippen molar-refractivity contribution in [3.63, 3.8) is 0 Å². The molecule has 1 rings (SSSR count). The number of benzene rings is 1. The van der Waals surface area contributed by atoms with Gasteiger partial charge >= 0.3 is 11.9 Å². The molecule has 0 fully saturated rings. The Morgan fingerprint density at radius 2 is 1.67 bits per heavy atom. The van der Waals surface area contributed by atoms with E-state index in [1.165, 1.54) is 25.3 Å². The molecule has 15 heavy (non-hydrogen) atoms. The lowest BCUT2D eigenvalue weighted by atomic mass is 10.1. The lowest BCUT2D eigenvalue weighted by Crippen LogP contribution is -2.12. The molecular weight excluding hydrogens is 204 g/mol. The van der Waals surface area contributed by atoms with E-state index in [4.69, 9.17) is 5.26 Å². The van der Waals surface area contributed by atoms with E-state index in [-0.39, 0.29) is 11.1 Å². The molecule has 0 aliphatic carbocycles. The first-order valence-electron chi connectivity index (χ1n) is 3.90. The normalized spacial score (nSPS) is 9.47. The summed E-state index contributed by atoms with van der Waals surface area (Å²) in [6.45, 7) is 0. The molecule has 6 heteroatoms. The Labute approximate surface area is 84.8 Å². The highest BCUT2D eigenvalue weighted by Gasteiger charge is 2.18. The van der Waals surface area contributed by atoms with E-state index in [0.29, 0.717) is 0 Å². The van der Waals surface area contributed by atoms with Crippen LogP contribution in [0.3, 0.4) is 0 Å². The number of rotatable bonds is 3. The fraction of sp³-hybridized carbons (Fsp3) is 0.111. The average Bonchev–Trinajstić information content (AvgIpc) is 2.28. The van der Waals surface area contributed by atoms with Crippen LogP contribution in [-0.2, 0) is 14.7 Å². The minimum atomic E-state index is -0.988. The maximum absolute atomic E-state index is 11.2. The van der Waals surface area contributed by atoms with Gasteiger partial charge in [-0.1, -0.05) is 12.1 Å². The van der Waals surface area contributed by atoms with Gasteiger partial charge in [-0.15, -0.1) is 0 Å². The Morgan fingerprint density at radius 1 is 1.13 bits per heavy atom. The first-order valence-corrected chi connectivity index (χ1v) is 3.90. The summed E-state index contributed by atoms with van der Waals surface area (Å²) in [5, 5.41) is 11.2. The van der Waals surface area contributed by atoms with E-state index in [9.17, 15) is 9.59 Å². The first kappa shape index (κ1) is 11.2. The molecule has 6 nitrogen and oxygen atoms in total. The van der Waals surface area contributed by atoms with Gasteiger partial charge in [-0.2, -0.15) is 0 Å². The Kier molecular flexibility index (Phi) is 3.78. The molecule has 1 aromatic carbocycles. The van der Waals surface area contributed by atoms with Crippen molar-refractivity contribution in [2.45, 2.75) is 0 Å². The van der Waals surface area contributed by atoms with Crippen LogP contribution in [0.5, 0.6) is 0 Å². The highest BCUT2D eigenvalue weighted by molar-refractivity contribution is 6.02. The minimum Gasteiger partial charge on any atom is -0.465 e. The number of methoxy groups -OCH3 is 1. The maximum atomic E-state index is 11.2. The molecule has 0 bridgehead atoms. The summed E-state index contributed by atoms with van der Waals surface area (Å²) in [5.74, 6) is -1.67. The molecule has 1 aromatic rings. The van der Waals surface area contributed by atoms with Crippen LogP contribution in [0.1, 0.15) is 20.7 Å². The van der Waals surface area contributed by atoms with Crippen molar-refractivity contribution in [3.05, 3.63) is 35.4 Å². The number of hydrogen-bond donors (Lipinski definition) is 1. The standard InChI is InChI=1S/C9H8O6/c1-13-8(10)6-4-2-3-5-7(6)9(11)14-15-12/h2-5,12H,1H3. The third-order valence-electron chi connectivity index (χ3n) is 1.67. The molecular formula is C9H8O6. The molecule has 0 aromatic heterocycles. The second-order valence-corrected chi connectivity index (χ2v) is 2.48. The predicted octanol–water partition coefficient (Wildman–Crippen LogP) is 1.03. The summed E-state index contributed by atoms with van der Waals surface area (Å²) in [7, 11) is 1.19. The van der Waals surface area contributed by atoms with Crippen LogP contribution >= 0.6 is 0 Å². The summed E-state index contributed by atoms with van der Waals surface area (Å²) in [6, 6.07) is 5.82. The van der Waals surface area contributed by atoms with Crippen LogP contribution < -0.4 is 0 Å². The van der Waals surface area contributed by atoms with E-state index in [1.54, 1.807) is 6.07 Å². The fourth-order valence-electron chi connectivity index (χ4n) is 1.03. The second kappa shape index (κ2) is 5.08. The summed E-state index contributed by atoms with van der Waals surface area (Å²) < 4.78 is 4.46. The van der Waals surface area contributed by atoms with Crippen molar-refractivity contribution in [1.82, 2.24) is 0 Å². The van der Waals surface area contributed by atoms with E-state index < -0.39 is 11.9 Å². The molecule has 80 valence electrons. The first-order chi connectivity index (χ1) is 7.20. The van der Waals surface area contributed by atoms with Crippen molar-refractivity contribution < 1.29 is 29.5 Å². The van der Waals surface area contributed by atoms with E-state index in [1.807, 2.05) is 0 Å². The molecule has 0 spiro atoms. The molecule has 0 radical (unpaired) electrons. The van der Waals surface area contributed by atoms with Crippen LogP contribution in [0.2, 0.25) is 0 Å². The smallest absolute Gasteiger partial charge is 0.377 e. The van der Waals surface area contributed by atoms with Crippen LogP contribution in [0, 0.1) is 0 Å². The zero-order valence-corrected chi connectivity index (χ0v) is 7.80. The van der Waals surface area contributed by atoms with E-state index in [2.05, 4.69) is 14.7 Å². The lowest BCUT2D eigenvalue weighted by Gasteiger charge is -2.04. The Balaban J connectivity index is 3.06. The van der Waals surface area contributed by atoms with E-state index >= 15 is 0 Å². The van der Waals surface area contributed by atoms with Gasteiger partial charge in [-0.05, 0) is 17.2 Å². The lowest BCUT2D eigenvalue weighted by molar-refractivity contribution is -0.455. The second-order valence-electron chi connectivity index (χ2n) is 2.48. The van der Waals surface area contributed by atoms with Crippen LogP contribution in [0.25, 0.3) is 0 Å². The van der Waals surface area contributed by atoms with Crippen molar-refractivity contribution >= 4 is 11.9 Å². The van der Waals surface area contributed by atoms with Gasteiger partial charge in [-0.25, -0.2) is 14.8 Å². The van der Waals surface area contributed by atoms with Crippen molar-refractivity contribution in [3.8, 4) is 0 Å². The Morgan fingerprint density at radius 3 is 2.13 bits per heavy atom. The fourth-order valence-corrected chi connectivity index (χ4v) is 1.03.